The van der Waals surface area contributed by atoms with Crippen LogP contribution in [0.25, 0.3) is 0 Å². The lowest BCUT2D eigenvalue weighted by Gasteiger charge is -2.49. The molecular formula is C13H21B2N7. The standard InChI is InChI=1S/C13H21B2N7/c1-4-10-22-14(2)20(12-8-6-5-7-9-12)11-21(15(22)3)13-16-18-19-17-13/h5-9H,4,10-11H2,1-3H3,(H,16,17,18,19). The molecule has 1 aliphatic heterocycles. The van der Waals surface area contributed by atoms with Crippen molar-refractivity contribution in [1.82, 2.24) is 25.3 Å². The largest absolute Gasteiger partial charge is 0.386 e. The first kappa shape index (κ1) is 14.9. The van der Waals surface area contributed by atoms with E-state index in [-0.39, 0.29) is 6.98 Å². The SMILES string of the molecule is CCCN1B(C)N(c2ccccc2)CN(c2nn[nH]n2)B1C. The second kappa shape index (κ2) is 6.39. The predicted octanol–water partition coefficient (Wildman–Crippen LogP) is 1.43. The minimum Gasteiger partial charge on any atom is -0.386 e. The third-order valence-corrected chi connectivity index (χ3v) is 4.33. The van der Waals surface area contributed by atoms with Crippen LogP contribution >= 0.6 is 0 Å². The first-order valence-electron chi connectivity index (χ1n) is 7.80. The fourth-order valence-electron chi connectivity index (χ4n) is 3.13. The fraction of sp³-hybridized carbons (Fsp3) is 0.462. The van der Waals surface area contributed by atoms with Crippen LogP contribution in [0.1, 0.15) is 13.3 Å². The number of benzene rings is 1. The Bertz CT molecular complexity index is 579. The van der Waals surface area contributed by atoms with E-state index >= 15 is 0 Å². The van der Waals surface area contributed by atoms with E-state index in [4.69, 9.17) is 0 Å². The molecule has 2 heterocycles. The maximum atomic E-state index is 4.16. The summed E-state index contributed by atoms with van der Waals surface area (Å²) in [5.74, 6) is 0.640. The highest BCUT2D eigenvalue weighted by Gasteiger charge is 2.42. The van der Waals surface area contributed by atoms with Crippen molar-refractivity contribution in [3.05, 3.63) is 30.3 Å². The molecule has 0 unspecified atom stereocenters. The van der Waals surface area contributed by atoms with Crippen LogP contribution in [0.5, 0.6) is 0 Å². The van der Waals surface area contributed by atoms with E-state index in [0.29, 0.717) is 12.9 Å². The molecule has 2 aromatic rings. The molecule has 3 rings (SSSR count). The van der Waals surface area contributed by atoms with Gasteiger partial charge in [0.25, 0.3) is 5.95 Å². The highest BCUT2D eigenvalue weighted by Crippen LogP contribution is 2.25. The Kier molecular flexibility index (Phi) is 4.33. The number of hydrogen-bond donors (Lipinski definition) is 1. The Morgan fingerprint density at radius 1 is 1.14 bits per heavy atom. The molecule has 7 nitrogen and oxygen atoms in total. The van der Waals surface area contributed by atoms with Gasteiger partial charge in [-0.25, -0.2) is 0 Å². The molecule has 1 fully saturated rings. The van der Waals surface area contributed by atoms with Crippen molar-refractivity contribution >= 4 is 25.6 Å². The van der Waals surface area contributed by atoms with Crippen molar-refractivity contribution < 1.29 is 0 Å². The van der Waals surface area contributed by atoms with Gasteiger partial charge in [-0.05, 0) is 30.3 Å². The monoisotopic (exact) mass is 297 g/mol. The average molecular weight is 297 g/mol. The zero-order valence-electron chi connectivity index (χ0n) is 13.3. The zero-order valence-corrected chi connectivity index (χ0v) is 13.3. The van der Waals surface area contributed by atoms with Crippen molar-refractivity contribution in [3.63, 3.8) is 0 Å². The van der Waals surface area contributed by atoms with Crippen LogP contribution in [0.3, 0.4) is 0 Å². The summed E-state index contributed by atoms with van der Waals surface area (Å²) in [5.41, 5.74) is 1.21. The maximum Gasteiger partial charge on any atom is 0.334 e. The summed E-state index contributed by atoms with van der Waals surface area (Å²) in [6, 6.07) is 10.5. The first-order valence-corrected chi connectivity index (χ1v) is 7.80. The van der Waals surface area contributed by atoms with Crippen LogP contribution in [-0.4, -0.2) is 52.5 Å². The van der Waals surface area contributed by atoms with E-state index in [1.807, 2.05) is 6.07 Å². The normalized spacial score (nSPS) is 16.5. The van der Waals surface area contributed by atoms with E-state index in [9.17, 15) is 0 Å². The number of anilines is 2. The molecule has 1 aromatic heterocycles. The molecule has 0 bridgehead atoms. The summed E-state index contributed by atoms with van der Waals surface area (Å²) in [4.78, 5) is 4.54. The number of hydrogen-bond acceptors (Lipinski definition) is 6. The molecule has 0 spiro atoms. The van der Waals surface area contributed by atoms with Gasteiger partial charge < -0.3 is 14.3 Å². The molecular weight excluding hydrogens is 276 g/mol. The van der Waals surface area contributed by atoms with Crippen molar-refractivity contribution in [2.75, 3.05) is 22.8 Å². The van der Waals surface area contributed by atoms with E-state index in [2.05, 4.69) is 79.8 Å². The molecule has 1 N–H and O–H groups in total. The molecule has 1 aromatic carbocycles. The molecule has 0 aliphatic carbocycles. The molecule has 0 amide bonds. The van der Waals surface area contributed by atoms with Gasteiger partial charge in [0.15, 0.2) is 0 Å². The van der Waals surface area contributed by atoms with Gasteiger partial charge in [0.05, 0.1) is 6.67 Å². The number of aromatic nitrogens is 4. The summed E-state index contributed by atoms with van der Waals surface area (Å²) in [5, 5.41) is 14.6. The van der Waals surface area contributed by atoms with Crippen LogP contribution < -0.4 is 9.62 Å². The number of rotatable bonds is 4. The average Bonchev–Trinajstić information content (AvgIpc) is 3.07. The number of nitrogens with zero attached hydrogens (tertiary/aromatic N) is 6. The minimum atomic E-state index is 0.229. The lowest BCUT2D eigenvalue weighted by atomic mass is 9.57. The van der Waals surface area contributed by atoms with E-state index in [1.54, 1.807) is 0 Å². The second-order valence-electron chi connectivity index (χ2n) is 5.63. The maximum absolute atomic E-state index is 4.16. The van der Waals surface area contributed by atoms with Crippen molar-refractivity contribution in [3.8, 4) is 0 Å². The highest BCUT2D eigenvalue weighted by molar-refractivity contribution is 6.77. The van der Waals surface area contributed by atoms with Gasteiger partial charge in [-0.15, -0.1) is 5.10 Å². The second-order valence-corrected chi connectivity index (χ2v) is 5.63. The van der Waals surface area contributed by atoms with Crippen LogP contribution in [0.15, 0.2) is 30.3 Å². The summed E-state index contributed by atoms with van der Waals surface area (Å²) in [6.45, 7) is 8.98. The molecule has 0 saturated carbocycles. The number of nitrogens with one attached hydrogen (secondary N) is 1. The quantitative estimate of drug-likeness (QED) is 0.861. The zero-order chi connectivity index (χ0) is 15.5. The van der Waals surface area contributed by atoms with E-state index < -0.39 is 0 Å². The lowest BCUT2D eigenvalue weighted by molar-refractivity contribution is 0.592. The van der Waals surface area contributed by atoms with Gasteiger partial charge in [-0.2, -0.15) is 5.21 Å². The van der Waals surface area contributed by atoms with Crippen LogP contribution in [-0.2, 0) is 0 Å². The van der Waals surface area contributed by atoms with Gasteiger partial charge in [0.2, 0.25) is 0 Å². The third kappa shape index (κ3) is 2.68. The fourth-order valence-corrected chi connectivity index (χ4v) is 3.13. The number of tetrazole rings is 1. The van der Waals surface area contributed by atoms with Gasteiger partial charge in [-0.1, -0.05) is 43.9 Å². The molecule has 9 heteroatoms. The van der Waals surface area contributed by atoms with Crippen LogP contribution in [0.4, 0.5) is 11.6 Å². The van der Waals surface area contributed by atoms with E-state index in [0.717, 1.165) is 19.6 Å². The van der Waals surface area contributed by atoms with Crippen molar-refractivity contribution in [2.45, 2.75) is 27.0 Å². The van der Waals surface area contributed by atoms with Crippen LogP contribution in [0.2, 0.25) is 13.6 Å². The van der Waals surface area contributed by atoms with Crippen molar-refractivity contribution in [2.24, 2.45) is 0 Å². The molecule has 0 atom stereocenters. The Hall–Kier alpha value is -2.02. The Labute approximate surface area is 131 Å². The topological polar surface area (TPSA) is 64.2 Å². The Morgan fingerprint density at radius 3 is 2.50 bits per heavy atom. The Morgan fingerprint density at radius 2 is 1.86 bits per heavy atom. The molecule has 1 saturated heterocycles. The van der Waals surface area contributed by atoms with Gasteiger partial charge in [0, 0.05) is 5.69 Å². The Balaban J connectivity index is 1.93. The summed E-state index contributed by atoms with van der Waals surface area (Å²) in [7, 11) is 0. The molecule has 0 radical (unpaired) electrons. The predicted molar refractivity (Wildman–Crippen MR) is 90.7 cm³/mol. The number of aromatic amines is 1. The van der Waals surface area contributed by atoms with Gasteiger partial charge in [0.1, 0.15) is 0 Å². The van der Waals surface area contributed by atoms with Gasteiger partial charge >= 0.3 is 14.0 Å². The van der Waals surface area contributed by atoms with Gasteiger partial charge in [-0.3, -0.25) is 0 Å². The summed E-state index contributed by atoms with van der Waals surface area (Å²) < 4.78 is 2.47. The summed E-state index contributed by atoms with van der Waals surface area (Å²) >= 11 is 0. The third-order valence-electron chi connectivity index (χ3n) is 4.33. The van der Waals surface area contributed by atoms with E-state index in [1.165, 1.54) is 5.69 Å². The molecule has 114 valence electrons. The lowest BCUT2D eigenvalue weighted by Crippen LogP contribution is -2.70. The number of para-hydroxylation sites is 1. The van der Waals surface area contributed by atoms with Crippen LogP contribution in [0, 0.1) is 0 Å². The molecule has 22 heavy (non-hydrogen) atoms. The number of H-pyrrole nitrogens is 1. The smallest absolute Gasteiger partial charge is 0.334 e. The minimum absolute atomic E-state index is 0.229. The highest BCUT2D eigenvalue weighted by atomic mass is 15.5. The summed E-state index contributed by atoms with van der Waals surface area (Å²) in [6.07, 6.45) is 1.11. The first-order chi connectivity index (χ1) is 10.7. The van der Waals surface area contributed by atoms with Crippen molar-refractivity contribution in [1.29, 1.82) is 0 Å². The molecule has 1 aliphatic rings.